The zero-order valence-corrected chi connectivity index (χ0v) is 18.5. The maximum absolute atomic E-state index is 12.4. The number of hydrogen-bond donors (Lipinski definition) is 1. The summed E-state index contributed by atoms with van der Waals surface area (Å²) in [4.78, 5) is 23.5. The minimum atomic E-state index is 0. The first kappa shape index (κ1) is 21.7. The lowest BCUT2D eigenvalue weighted by atomic mass is 9.89. The average Bonchev–Trinajstić information content (AvgIpc) is 2.62. The summed E-state index contributed by atoms with van der Waals surface area (Å²) in [5, 5.41) is 3.49. The van der Waals surface area contributed by atoms with Crippen LogP contribution >= 0.6 is 24.0 Å². The molecule has 26 heavy (non-hydrogen) atoms. The van der Waals surface area contributed by atoms with Crippen LogP contribution in [0.1, 0.15) is 26.2 Å². The minimum absolute atomic E-state index is 0. The molecular formula is C18H34IN5O2. The molecule has 3 heterocycles. The van der Waals surface area contributed by atoms with Crippen molar-refractivity contribution < 1.29 is 9.53 Å². The molecule has 7 nitrogen and oxygen atoms in total. The molecule has 3 aliphatic heterocycles. The standard InChI is InChI=1S/C18H33N5O2.HI/c1-18(14-25-15-18)13-20-17(19-2)23-10-8-21(9-11-23)12-16(24)22-6-4-3-5-7-22;/h3-15H2,1-2H3,(H,19,20);1H. The van der Waals surface area contributed by atoms with Gasteiger partial charge in [0.05, 0.1) is 19.8 Å². The van der Waals surface area contributed by atoms with Gasteiger partial charge in [0.25, 0.3) is 0 Å². The summed E-state index contributed by atoms with van der Waals surface area (Å²) in [6, 6.07) is 0. The van der Waals surface area contributed by atoms with E-state index in [1.165, 1.54) is 6.42 Å². The van der Waals surface area contributed by atoms with E-state index >= 15 is 0 Å². The molecule has 0 bridgehead atoms. The van der Waals surface area contributed by atoms with E-state index in [4.69, 9.17) is 4.74 Å². The highest BCUT2D eigenvalue weighted by Gasteiger charge is 2.34. The van der Waals surface area contributed by atoms with Crippen LogP contribution in [0.5, 0.6) is 0 Å². The quantitative estimate of drug-likeness (QED) is 0.368. The predicted octanol–water partition coefficient (Wildman–Crippen LogP) is 0.846. The summed E-state index contributed by atoms with van der Waals surface area (Å²) in [7, 11) is 1.84. The monoisotopic (exact) mass is 479 g/mol. The number of guanidine groups is 1. The second-order valence-corrected chi connectivity index (χ2v) is 7.91. The smallest absolute Gasteiger partial charge is 0.236 e. The maximum atomic E-state index is 12.4. The van der Waals surface area contributed by atoms with Crippen LogP contribution in [0.2, 0.25) is 0 Å². The SMILES string of the molecule is CN=C(NCC1(C)COC1)N1CCN(CC(=O)N2CCCCC2)CC1.I. The molecule has 0 unspecified atom stereocenters. The molecule has 3 aliphatic rings. The van der Waals surface area contributed by atoms with Crippen molar-refractivity contribution in [3.63, 3.8) is 0 Å². The lowest BCUT2D eigenvalue weighted by Gasteiger charge is -2.41. The highest BCUT2D eigenvalue weighted by molar-refractivity contribution is 14.0. The Labute approximate surface area is 174 Å². The van der Waals surface area contributed by atoms with Gasteiger partial charge in [0.15, 0.2) is 5.96 Å². The third-order valence-electron chi connectivity index (χ3n) is 5.53. The highest BCUT2D eigenvalue weighted by Crippen LogP contribution is 2.25. The highest BCUT2D eigenvalue weighted by atomic mass is 127. The molecule has 0 aliphatic carbocycles. The Morgan fingerprint density at radius 2 is 1.69 bits per heavy atom. The Balaban J connectivity index is 0.00000243. The minimum Gasteiger partial charge on any atom is -0.380 e. The van der Waals surface area contributed by atoms with Crippen LogP contribution < -0.4 is 5.32 Å². The van der Waals surface area contributed by atoms with E-state index in [1.54, 1.807) is 0 Å². The molecule has 3 rings (SSSR count). The number of rotatable bonds is 4. The van der Waals surface area contributed by atoms with Gasteiger partial charge in [0.2, 0.25) is 5.91 Å². The van der Waals surface area contributed by atoms with Crippen molar-refractivity contribution in [2.75, 3.05) is 72.6 Å². The molecule has 3 fully saturated rings. The number of amides is 1. The van der Waals surface area contributed by atoms with Crippen LogP contribution in [0.4, 0.5) is 0 Å². The number of aliphatic imine (C=N–C) groups is 1. The fourth-order valence-corrected chi connectivity index (χ4v) is 3.73. The normalized spacial score (nSPS) is 23.8. The number of halogens is 1. The predicted molar refractivity (Wildman–Crippen MR) is 114 cm³/mol. The Kier molecular flexibility index (Phi) is 8.41. The number of ether oxygens (including phenoxy) is 1. The maximum Gasteiger partial charge on any atom is 0.236 e. The topological polar surface area (TPSA) is 60.4 Å². The summed E-state index contributed by atoms with van der Waals surface area (Å²) in [5.74, 6) is 1.27. The summed E-state index contributed by atoms with van der Waals surface area (Å²) >= 11 is 0. The number of hydrogen-bond acceptors (Lipinski definition) is 4. The first-order valence-electron chi connectivity index (χ1n) is 9.63. The van der Waals surface area contributed by atoms with Gasteiger partial charge in [-0.15, -0.1) is 24.0 Å². The fraction of sp³-hybridized carbons (Fsp3) is 0.889. The van der Waals surface area contributed by atoms with Gasteiger partial charge in [-0.25, -0.2) is 0 Å². The van der Waals surface area contributed by atoms with E-state index in [1.807, 2.05) is 11.9 Å². The zero-order chi connectivity index (χ0) is 17.7. The largest absolute Gasteiger partial charge is 0.380 e. The van der Waals surface area contributed by atoms with Gasteiger partial charge < -0.3 is 19.9 Å². The van der Waals surface area contributed by atoms with E-state index in [9.17, 15) is 4.79 Å². The number of carbonyl (C=O) groups is 1. The van der Waals surface area contributed by atoms with Gasteiger partial charge in [-0.1, -0.05) is 6.92 Å². The van der Waals surface area contributed by atoms with Crippen molar-refractivity contribution in [3.05, 3.63) is 0 Å². The van der Waals surface area contributed by atoms with Gasteiger partial charge in [-0.3, -0.25) is 14.7 Å². The van der Waals surface area contributed by atoms with E-state index in [2.05, 4.69) is 27.0 Å². The molecule has 0 atom stereocenters. The third-order valence-corrected chi connectivity index (χ3v) is 5.53. The van der Waals surface area contributed by atoms with Crippen LogP contribution in [0.3, 0.4) is 0 Å². The van der Waals surface area contributed by atoms with Crippen molar-refractivity contribution in [1.29, 1.82) is 0 Å². The summed E-state index contributed by atoms with van der Waals surface area (Å²) in [6.07, 6.45) is 3.58. The first-order valence-corrected chi connectivity index (χ1v) is 9.63. The van der Waals surface area contributed by atoms with E-state index in [0.717, 1.165) is 77.8 Å². The Hall–Kier alpha value is -0.610. The van der Waals surface area contributed by atoms with Gasteiger partial charge in [-0.2, -0.15) is 0 Å². The zero-order valence-electron chi connectivity index (χ0n) is 16.2. The molecule has 0 aromatic rings. The van der Waals surface area contributed by atoms with Crippen LogP contribution in [0, 0.1) is 5.41 Å². The molecule has 0 aromatic heterocycles. The summed E-state index contributed by atoms with van der Waals surface area (Å²) < 4.78 is 5.31. The van der Waals surface area contributed by atoms with Gasteiger partial charge in [0, 0.05) is 58.3 Å². The number of piperazine rings is 1. The molecule has 150 valence electrons. The lowest BCUT2D eigenvalue weighted by molar-refractivity contribution is -0.133. The fourth-order valence-electron chi connectivity index (χ4n) is 3.73. The molecule has 0 saturated carbocycles. The molecule has 1 amide bonds. The van der Waals surface area contributed by atoms with Crippen LogP contribution in [-0.2, 0) is 9.53 Å². The van der Waals surface area contributed by atoms with Crippen molar-refractivity contribution in [3.8, 4) is 0 Å². The van der Waals surface area contributed by atoms with Crippen LogP contribution in [0.15, 0.2) is 4.99 Å². The Morgan fingerprint density at radius 1 is 1.04 bits per heavy atom. The van der Waals surface area contributed by atoms with E-state index in [-0.39, 0.29) is 29.4 Å². The van der Waals surface area contributed by atoms with Crippen molar-refractivity contribution in [2.24, 2.45) is 10.4 Å². The summed E-state index contributed by atoms with van der Waals surface area (Å²) in [6.45, 7) is 10.9. The number of carbonyl (C=O) groups excluding carboxylic acids is 1. The van der Waals surface area contributed by atoms with E-state index < -0.39 is 0 Å². The van der Waals surface area contributed by atoms with Crippen molar-refractivity contribution in [1.82, 2.24) is 20.0 Å². The second-order valence-electron chi connectivity index (χ2n) is 7.91. The van der Waals surface area contributed by atoms with Gasteiger partial charge in [-0.05, 0) is 19.3 Å². The lowest BCUT2D eigenvalue weighted by Crippen LogP contribution is -2.56. The molecule has 1 N–H and O–H groups in total. The average molecular weight is 479 g/mol. The first-order chi connectivity index (χ1) is 12.1. The Bertz CT molecular complexity index is 484. The van der Waals surface area contributed by atoms with Crippen molar-refractivity contribution in [2.45, 2.75) is 26.2 Å². The Morgan fingerprint density at radius 3 is 2.23 bits per heavy atom. The molecule has 8 heteroatoms. The molecule has 3 saturated heterocycles. The van der Waals surface area contributed by atoms with Crippen LogP contribution in [0.25, 0.3) is 0 Å². The molecule has 0 radical (unpaired) electrons. The van der Waals surface area contributed by atoms with Gasteiger partial charge in [0.1, 0.15) is 0 Å². The third kappa shape index (κ3) is 5.69. The number of nitrogens with zero attached hydrogens (tertiary/aromatic N) is 4. The number of nitrogens with one attached hydrogen (secondary N) is 1. The van der Waals surface area contributed by atoms with Gasteiger partial charge >= 0.3 is 0 Å². The van der Waals surface area contributed by atoms with E-state index in [0.29, 0.717) is 12.5 Å². The molecule has 0 aromatic carbocycles. The van der Waals surface area contributed by atoms with Crippen molar-refractivity contribution >= 4 is 35.8 Å². The van der Waals surface area contributed by atoms with Crippen LogP contribution in [-0.4, -0.2) is 99.2 Å². The summed E-state index contributed by atoms with van der Waals surface area (Å²) in [5.41, 5.74) is 0.235. The number of piperidine rings is 1. The second kappa shape index (κ2) is 10.1. The number of likely N-dealkylation sites (tertiary alicyclic amines) is 1. The molecule has 0 spiro atoms. The molecular weight excluding hydrogens is 445 g/mol.